The minimum atomic E-state index is -2.72. The third-order valence-corrected chi connectivity index (χ3v) is 3.88. The summed E-state index contributed by atoms with van der Waals surface area (Å²) in [5, 5.41) is 16.4. The van der Waals surface area contributed by atoms with Crippen molar-refractivity contribution >= 4 is 5.91 Å². The van der Waals surface area contributed by atoms with Crippen LogP contribution >= 0.6 is 0 Å². The number of amides is 1. The number of rotatable bonds is 6. The first-order chi connectivity index (χ1) is 9.56. The van der Waals surface area contributed by atoms with Gasteiger partial charge in [-0.15, -0.1) is 0 Å². The van der Waals surface area contributed by atoms with E-state index in [0.717, 1.165) is 0 Å². The molecule has 0 aliphatic rings. The zero-order chi connectivity index (χ0) is 16.4. The number of carbonyl (C=O) groups excluding carboxylic acids is 1. The number of hydrogen-bond acceptors (Lipinski definition) is 3. The highest BCUT2D eigenvalue weighted by Gasteiger charge is 2.26. The average molecular weight is 303 g/mol. The van der Waals surface area contributed by atoms with Gasteiger partial charge in [0.1, 0.15) is 0 Å². The molecule has 0 saturated heterocycles. The summed E-state index contributed by atoms with van der Waals surface area (Å²) in [7, 11) is 0. The van der Waals surface area contributed by atoms with Crippen LogP contribution in [-0.2, 0) is 11.2 Å². The molecule has 0 spiro atoms. The van der Waals surface area contributed by atoms with E-state index in [-0.39, 0.29) is 30.5 Å². The van der Waals surface area contributed by atoms with Crippen molar-refractivity contribution in [3.8, 4) is 0 Å². The highest BCUT2D eigenvalue weighted by Crippen LogP contribution is 2.20. The summed E-state index contributed by atoms with van der Waals surface area (Å²) < 4.78 is 26.1. The molecule has 0 bridgehead atoms. The summed E-state index contributed by atoms with van der Waals surface area (Å²) in [6.07, 6.45) is -0.0292. The zero-order valence-corrected chi connectivity index (χ0v) is 13.1. The standard InChI is InChI=1S/C14H23F2N3O2/c1-8(2)14(5,21)7-17-12(20)6-11-9(3)18-19(10(11)4)13(15)16/h8,13,21H,6-7H2,1-5H3,(H,17,20). The van der Waals surface area contributed by atoms with Crippen LogP contribution in [0.25, 0.3) is 0 Å². The number of alkyl halides is 2. The van der Waals surface area contributed by atoms with Gasteiger partial charge in [-0.2, -0.15) is 13.9 Å². The van der Waals surface area contributed by atoms with Gasteiger partial charge in [-0.1, -0.05) is 13.8 Å². The molecule has 21 heavy (non-hydrogen) atoms. The van der Waals surface area contributed by atoms with Crippen molar-refractivity contribution < 1.29 is 18.7 Å². The van der Waals surface area contributed by atoms with Crippen LogP contribution in [0.2, 0.25) is 0 Å². The molecule has 5 nitrogen and oxygen atoms in total. The van der Waals surface area contributed by atoms with Gasteiger partial charge in [0, 0.05) is 17.8 Å². The number of nitrogens with zero attached hydrogens (tertiary/aromatic N) is 2. The topological polar surface area (TPSA) is 67.2 Å². The Morgan fingerprint density at radius 1 is 1.43 bits per heavy atom. The van der Waals surface area contributed by atoms with Crippen LogP contribution in [-0.4, -0.2) is 32.9 Å². The second kappa shape index (κ2) is 6.51. The van der Waals surface area contributed by atoms with Gasteiger partial charge in [0.25, 0.3) is 0 Å². The summed E-state index contributed by atoms with van der Waals surface area (Å²) in [4.78, 5) is 11.9. The van der Waals surface area contributed by atoms with E-state index >= 15 is 0 Å². The van der Waals surface area contributed by atoms with Crippen molar-refractivity contribution in [3.05, 3.63) is 17.0 Å². The van der Waals surface area contributed by atoms with E-state index in [0.29, 0.717) is 15.9 Å². The molecule has 7 heteroatoms. The molecule has 2 N–H and O–H groups in total. The minimum absolute atomic E-state index is 0.0112. The van der Waals surface area contributed by atoms with Crippen molar-refractivity contribution in [1.82, 2.24) is 15.1 Å². The lowest BCUT2D eigenvalue weighted by atomic mass is 9.92. The lowest BCUT2D eigenvalue weighted by Crippen LogP contribution is -2.44. The smallest absolute Gasteiger partial charge is 0.333 e. The normalized spacial score (nSPS) is 14.6. The fourth-order valence-corrected chi connectivity index (χ4v) is 1.85. The van der Waals surface area contributed by atoms with Crippen LogP contribution in [0.5, 0.6) is 0 Å². The highest BCUT2D eigenvalue weighted by atomic mass is 19.3. The van der Waals surface area contributed by atoms with Gasteiger partial charge in [-0.05, 0) is 26.7 Å². The first-order valence-electron chi connectivity index (χ1n) is 6.88. The van der Waals surface area contributed by atoms with Crippen LogP contribution in [0.1, 0.15) is 44.3 Å². The molecule has 0 aliphatic carbocycles. The van der Waals surface area contributed by atoms with Crippen LogP contribution in [0.4, 0.5) is 8.78 Å². The van der Waals surface area contributed by atoms with Crippen LogP contribution < -0.4 is 5.32 Å². The molecule has 1 rings (SSSR count). The number of aliphatic hydroxyl groups is 1. The third-order valence-electron chi connectivity index (χ3n) is 3.88. The summed E-state index contributed by atoms with van der Waals surface area (Å²) >= 11 is 0. The Hall–Kier alpha value is -1.50. The molecule has 0 saturated carbocycles. The quantitative estimate of drug-likeness (QED) is 0.844. The maximum atomic E-state index is 12.7. The van der Waals surface area contributed by atoms with E-state index < -0.39 is 12.2 Å². The van der Waals surface area contributed by atoms with Crippen molar-refractivity contribution in [1.29, 1.82) is 0 Å². The molecule has 0 fully saturated rings. The van der Waals surface area contributed by atoms with Crippen molar-refractivity contribution in [2.24, 2.45) is 5.92 Å². The second-order valence-corrected chi connectivity index (χ2v) is 5.84. The Labute approximate surface area is 123 Å². The first-order valence-corrected chi connectivity index (χ1v) is 6.88. The summed E-state index contributed by atoms with van der Waals surface area (Å²) in [6, 6.07) is 0. The number of nitrogens with one attached hydrogen (secondary N) is 1. The number of carbonyl (C=O) groups is 1. The summed E-state index contributed by atoms with van der Waals surface area (Å²) in [5.41, 5.74) is 0.191. The molecule has 1 aromatic rings. The van der Waals surface area contributed by atoms with Crippen molar-refractivity contribution in [2.75, 3.05) is 6.54 Å². The molecule has 120 valence electrons. The van der Waals surface area contributed by atoms with Crippen LogP contribution in [0.3, 0.4) is 0 Å². The van der Waals surface area contributed by atoms with E-state index in [9.17, 15) is 18.7 Å². The molecule has 1 atom stereocenters. The first kappa shape index (κ1) is 17.6. The number of halogens is 2. The zero-order valence-electron chi connectivity index (χ0n) is 13.1. The van der Waals surface area contributed by atoms with Crippen molar-refractivity contribution in [3.63, 3.8) is 0 Å². The van der Waals surface area contributed by atoms with E-state index in [1.807, 2.05) is 13.8 Å². The molecule has 1 heterocycles. The fraction of sp³-hybridized carbons (Fsp3) is 0.714. The SMILES string of the molecule is Cc1nn(C(F)F)c(C)c1CC(=O)NCC(C)(O)C(C)C. The lowest BCUT2D eigenvalue weighted by Gasteiger charge is -2.27. The molecular weight excluding hydrogens is 280 g/mol. The van der Waals surface area contributed by atoms with E-state index in [1.54, 1.807) is 13.8 Å². The molecular formula is C14H23F2N3O2. The Kier molecular flexibility index (Phi) is 5.44. The highest BCUT2D eigenvalue weighted by molar-refractivity contribution is 5.79. The predicted octanol–water partition coefficient (Wildman–Crippen LogP) is 1.96. The minimum Gasteiger partial charge on any atom is -0.388 e. The molecule has 1 aromatic heterocycles. The average Bonchev–Trinajstić information content (AvgIpc) is 2.64. The Morgan fingerprint density at radius 2 is 2.00 bits per heavy atom. The van der Waals surface area contributed by atoms with Gasteiger partial charge in [0.2, 0.25) is 5.91 Å². The van der Waals surface area contributed by atoms with Gasteiger partial charge in [0.05, 0.1) is 17.7 Å². The molecule has 1 unspecified atom stereocenters. The van der Waals surface area contributed by atoms with Gasteiger partial charge in [-0.25, -0.2) is 4.68 Å². The van der Waals surface area contributed by atoms with Crippen LogP contribution in [0, 0.1) is 19.8 Å². The van der Waals surface area contributed by atoms with Crippen LogP contribution in [0.15, 0.2) is 0 Å². The van der Waals surface area contributed by atoms with Gasteiger partial charge in [-0.3, -0.25) is 4.79 Å². The molecule has 1 amide bonds. The molecule has 0 radical (unpaired) electrons. The summed E-state index contributed by atoms with van der Waals surface area (Å²) in [5.74, 6) is -0.334. The maximum absolute atomic E-state index is 12.7. The van der Waals surface area contributed by atoms with Gasteiger partial charge < -0.3 is 10.4 Å². The van der Waals surface area contributed by atoms with E-state index in [2.05, 4.69) is 10.4 Å². The van der Waals surface area contributed by atoms with E-state index in [4.69, 9.17) is 0 Å². The van der Waals surface area contributed by atoms with Gasteiger partial charge in [0.15, 0.2) is 0 Å². The Balaban J connectivity index is 2.72. The Morgan fingerprint density at radius 3 is 2.43 bits per heavy atom. The summed E-state index contributed by atoms with van der Waals surface area (Å²) in [6.45, 7) is 5.86. The third kappa shape index (κ3) is 4.23. The fourth-order valence-electron chi connectivity index (χ4n) is 1.85. The monoisotopic (exact) mass is 303 g/mol. The predicted molar refractivity (Wildman–Crippen MR) is 75.1 cm³/mol. The second-order valence-electron chi connectivity index (χ2n) is 5.84. The number of aromatic nitrogens is 2. The maximum Gasteiger partial charge on any atom is 0.333 e. The van der Waals surface area contributed by atoms with E-state index in [1.165, 1.54) is 6.92 Å². The van der Waals surface area contributed by atoms with Gasteiger partial charge >= 0.3 is 6.55 Å². The molecule has 0 aromatic carbocycles. The van der Waals surface area contributed by atoms with Crippen molar-refractivity contribution in [2.45, 2.75) is 53.2 Å². The number of hydrogen-bond donors (Lipinski definition) is 2. The Bertz CT molecular complexity index is 511. The lowest BCUT2D eigenvalue weighted by molar-refractivity contribution is -0.122. The number of aryl methyl sites for hydroxylation is 1. The largest absolute Gasteiger partial charge is 0.388 e. The molecule has 0 aliphatic heterocycles.